The summed E-state index contributed by atoms with van der Waals surface area (Å²) in [5, 5.41) is 5.51. The molecule has 1 aliphatic rings. The number of carbonyl (C=O) groups is 1. The van der Waals surface area contributed by atoms with E-state index < -0.39 is 0 Å². The fourth-order valence-electron chi connectivity index (χ4n) is 2.54. The van der Waals surface area contributed by atoms with E-state index in [1.165, 1.54) is 5.56 Å². The van der Waals surface area contributed by atoms with Crippen LogP contribution in [0.25, 0.3) is 0 Å². The molecule has 21 heavy (non-hydrogen) atoms. The Morgan fingerprint density at radius 3 is 2.67 bits per heavy atom. The second-order valence-corrected chi connectivity index (χ2v) is 6.79. The zero-order chi connectivity index (χ0) is 14.8. The summed E-state index contributed by atoms with van der Waals surface area (Å²) in [6.45, 7) is 2.94. The van der Waals surface area contributed by atoms with E-state index in [-0.39, 0.29) is 11.9 Å². The number of benzene rings is 1. The quantitative estimate of drug-likeness (QED) is 0.885. The lowest BCUT2D eigenvalue weighted by Gasteiger charge is -2.18. The summed E-state index contributed by atoms with van der Waals surface area (Å²) >= 11 is 7.51. The van der Waals surface area contributed by atoms with Gasteiger partial charge in [-0.1, -0.05) is 11.6 Å². The number of halogens is 1. The fraction of sp³-hybridized carbons (Fsp3) is 0.312. The molecule has 3 rings (SSSR count). The first kappa shape index (κ1) is 14.4. The van der Waals surface area contributed by atoms with E-state index in [0.29, 0.717) is 6.42 Å². The molecule has 0 saturated carbocycles. The second kappa shape index (κ2) is 6.08. The van der Waals surface area contributed by atoms with E-state index in [1.54, 1.807) is 11.3 Å². The maximum atomic E-state index is 11.7. The topological polar surface area (TPSA) is 32.3 Å². The van der Waals surface area contributed by atoms with Crippen LogP contribution < -0.4 is 10.2 Å². The maximum absolute atomic E-state index is 11.7. The van der Waals surface area contributed by atoms with E-state index >= 15 is 0 Å². The van der Waals surface area contributed by atoms with Crippen molar-refractivity contribution in [2.24, 2.45) is 0 Å². The Morgan fingerprint density at radius 1 is 1.33 bits per heavy atom. The third-order valence-corrected chi connectivity index (χ3v) is 4.83. The molecule has 1 atom stereocenters. The average Bonchev–Trinajstić information content (AvgIpc) is 3.08. The molecule has 0 radical (unpaired) electrons. The van der Waals surface area contributed by atoms with Crippen LogP contribution in [0, 0.1) is 0 Å². The summed E-state index contributed by atoms with van der Waals surface area (Å²) in [5.41, 5.74) is 3.21. The van der Waals surface area contributed by atoms with E-state index in [4.69, 9.17) is 11.6 Å². The summed E-state index contributed by atoms with van der Waals surface area (Å²) < 4.78 is 0.807. The van der Waals surface area contributed by atoms with E-state index in [2.05, 4.69) is 17.6 Å². The zero-order valence-electron chi connectivity index (χ0n) is 11.8. The van der Waals surface area contributed by atoms with Gasteiger partial charge in [0, 0.05) is 30.4 Å². The molecule has 1 unspecified atom stereocenters. The molecule has 110 valence electrons. The molecular weight excluding hydrogens is 304 g/mol. The van der Waals surface area contributed by atoms with Crippen LogP contribution in [0.15, 0.2) is 35.7 Å². The van der Waals surface area contributed by atoms with Crippen molar-refractivity contribution in [1.29, 1.82) is 0 Å². The molecule has 1 aromatic carbocycles. The Bertz CT molecular complexity index is 638. The van der Waals surface area contributed by atoms with Crippen LogP contribution in [-0.2, 0) is 4.79 Å². The van der Waals surface area contributed by atoms with Crippen molar-refractivity contribution in [1.82, 2.24) is 0 Å². The van der Waals surface area contributed by atoms with Gasteiger partial charge in [-0.25, -0.2) is 0 Å². The molecule has 1 fully saturated rings. The van der Waals surface area contributed by atoms with Gasteiger partial charge in [0.1, 0.15) is 0 Å². The van der Waals surface area contributed by atoms with Gasteiger partial charge >= 0.3 is 0 Å². The average molecular weight is 321 g/mol. The highest BCUT2D eigenvalue weighted by Crippen LogP contribution is 2.28. The lowest BCUT2D eigenvalue weighted by atomic mass is 10.1. The summed E-state index contributed by atoms with van der Waals surface area (Å²) in [5.74, 6) is 0.219. The standard InChI is InChI=1S/C16H17ClN2OS/c1-11(12-9-15(17)21-10-12)18-13-4-6-14(7-5-13)19-8-2-3-16(19)20/h4-7,9-11,18H,2-3,8H2,1H3. The molecule has 5 heteroatoms. The van der Waals surface area contributed by atoms with Crippen LogP contribution in [0.1, 0.15) is 31.4 Å². The number of carbonyl (C=O) groups excluding carboxylic acids is 1. The molecule has 0 aliphatic carbocycles. The van der Waals surface area contributed by atoms with Gasteiger partial charge in [-0.2, -0.15) is 0 Å². The third-order valence-electron chi connectivity index (χ3n) is 3.72. The van der Waals surface area contributed by atoms with Crippen LogP contribution in [-0.4, -0.2) is 12.5 Å². The smallest absolute Gasteiger partial charge is 0.227 e. The molecule has 0 spiro atoms. The summed E-state index contributed by atoms with van der Waals surface area (Å²) in [4.78, 5) is 13.6. The minimum atomic E-state index is 0.202. The number of nitrogens with one attached hydrogen (secondary N) is 1. The number of rotatable bonds is 4. The van der Waals surface area contributed by atoms with Gasteiger partial charge in [-0.15, -0.1) is 11.3 Å². The number of thiophene rings is 1. The zero-order valence-corrected chi connectivity index (χ0v) is 13.4. The highest BCUT2D eigenvalue weighted by molar-refractivity contribution is 7.14. The van der Waals surface area contributed by atoms with Crippen molar-refractivity contribution in [3.05, 3.63) is 45.6 Å². The van der Waals surface area contributed by atoms with Crippen LogP contribution in [0.5, 0.6) is 0 Å². The molecule has 1 saturated heterocycles. The van der Waals surface area contributed by atoms with E-state index in [1.807, 2.05) is 35.2 Å². The number of nitrogens with zero attached hydrogens (tertiary/aromatic N) is 1. The first-order valence-corrected chi connectivity index (χ1v) is 8.30. The van der Waals surface area contributed by atoms with Gasteiger partial charge in [0.05, 0.1) is 4.34 Å². The van der Waals surface area contributed by atoms with Crippen LogP contribution in [0.3, 0.4) is 0 Å². The van der Waals surface area contributed by atoms with Crippen LogP contribution in [0.4, 0.5) is 11.4 Å². The summed E-state index contributed by atoms with van der Waals surface area (Å²) in [7, 11) is 0. The first-order valence-electron chi connectivity index (χ1n) is 7.04. The minimum Gasteiger partial charge on any atom is -0.378 e. The Hall–Kier alpha value is -1.52. The Balaban J connectivity index is 1.68. The molecule has 2 aromatic rings. The monoisotopic (exact) mass is 320 g/mol. The number of anilines is 2. The van der Waals surface area contributed by atoms with Gasteiger partial charge in [0.2, 0.25) is 5.91 Å². The van der Waals surface area contributed by atoms with E-state index in [9.17, 15) is 4.79 Å². The highest BCUT2D eigenvalue weighted by Gasteiger charge is 2.21. The molecule has 0 bridgehead atoms. The largest absolute Gasteiger partial charge is 0.378 e. The van der Waals surface area contributed by atoms with Crippen molar-refractivity contribution in [2.75, 3.05) is 16.8 Å². The first-order chi connectivity index (χ1) is 10.1. The summed E-state index contributed by atoms with van der Waals surface area (Å²) in [6, 6.07) is 10.2. The fourth-order valence-corrected chi connectivity index (χ4v) is 3.53. The molecule has 1 aromatic heterocycles. The molecule has 2 heterocycles. The van der Waals surface area contributed by atoms with Crippen molar-refractivity contribution in [2.45, 2.75) is 25.8 Å². The molecule has 1 aliphatic heterocycles. The normalized spacial score (nSPS) is 16.3. The predicted molar refractivity (Wildman–Crippen MR) is 89.4 cm³/mol. The van der Waals surface area contributed by atoms with Crippen molar-refractivity contribution >= 4 is 40.2 Å². The highest BCUT2D eigenvalue weighted by atomic mass is 35.5. The van der Waals surface area contributed by atoms with Gasteiger partial charge in [-0.05, 0) is 54.6 Å². The van der Waals surface area contributed by atoms with E-state index in [0.717, 1.165) is 28.7 Å². The Labute approximate surface area is 133 Å². The second-order valence-electron chi connectivity index (χ2n) is 5.25. The Morgan fingerprint density at radius 2 is 2.10 bits per heavy atom. The van der Waals surface area contributed by atoms with Crippen molar-refractivity contribution in [3.63, 3.8) is 0 Å². The lowest BCUT2D eigenvalue weighted by Crippen LogP contribution is -2.23. The van der Waals surface area contributed by atoms with Crippen molar-refractivity contribution in [3.8, 4) is 0 Å². The van der Waals surface area contributed by atoms with Gasteiger partial charge in [0.25, 0.3) is 0 Å². The number of hydrogen-bond donors (Lipinski definition) is 1. The SMILES string of the molecule is CC(Nc1ccc(N2CCCC2=O)cc1)c1csc(Cl)c1. The number of amides is 1. The van der Waals surface area contributed by atoms with Crippen LogP contribution >= 0.6 is 22.9 Å². The molecular formula is C16H17ClN2OS. The minimum absolute atomic E-state index is 0.202. The predicted octanol–water partition coefficient (Wildman–Crippen LogP) is 4.70. The van der Waals surface area contributed by atoms with Gasteiger partial charge in [0.15, 0.2) is 0 Å². The van der Waals surface area contributed by atoms with Crippen LogP contribution in [0.2, 0.25) is 4.34 Å². The molecule has 1 N–H and O–H groups in total. The van der Waals surface area contributed by atoms with Gasteiger partial charge < -0.3 is 10.2 Å². The van der Waals surface area contributed by atoms with Crippen molar-refractivity contribution < 1.29 is 4.79 Å². The Kier molecular flexibility index (Phi) is 4.17. The summed E-state index contributed by atoms with van der Waals surface area (Å²) in [6.07, 6.45) is 1.62. The number of hydrogen-bond acceptors (Lipinski definition) is 3. The van der Waals surface area contributed by atoms with Gasteiger partial charge in [-0.3, -0.25) is 4.79 Å². The third kappa shape index (κ3) is 3.22. The molecule has 3 nitrogen and oxygen atoms in total. The lowest BCUT2D eigenvalue weighted by molar-refractivity contribution is -0.117. The maximum Gasteiger partial charge on any atom is 0.227 e. The molecule has 1 amide bonds.